The lowest BCUT2D eigenvalue weighted by atomic mass is 10.2. The van der Waals surface area contributed by atoms with E-state index in [0.29, 0.717) is 18.1 Å². The molecule has 0 N–H and O–H groups in total. The summed E-state index contributed by atoms with van der Waals surface area (Å²) in [6.07, 6.45) is 0. The van der Waals surface area contributed by atoms with Gasteiger partial charge in [0.15, 0.2) is 11.5 Å². The van der Waals surface area contributed by atoms with Gasteiger partial charge in [-0.2, -0.15) is 0 Å². The minimum atomic E-state index is -1.31. The van der Waals surface area contributed by atoms with E-state index in [4.69, 9.17) is 21.1 Å². The van der Waals surface area contributed by atoms with Crippen molar-refractivity contribution in [1.29, 1.82) is 0 Å². The van der Waals surface area contributed by atoms with Crippen molar-refractivity contribution >= 4 is 17.6 Å². The molecule has 1 aromatic carbocycles. The summed E-state index contributed by atoms with van der Waals surface area (Å²) in [6, 6.07) is 2.59. The Bertz CT molecular complexity index is 376. The minimum absolute atomic E-state index is 0.0377. The Morgan fingerprint density at radius 2 is 2.20 bits per heavy atom. The molecule has 4 nitrogen and oxygen atoms in total. The van der Waals surface area contributed by atoms with Crippen molar-refractivity contribution in [1.82, 2.24) is 0 Å². The second-order valence-corrected chi connectivity index (χ2v) is 3.12. The number of rotatable bonds is 4. The number of aromatic carboxylic acids is 1. The summed E-state index contributed by atoms with van der Waals surface area (Å²) in [5.41, 5.74) is -0.0377. The molecule has 0 saturated carbocycles. The predicted octanol–water partition coefficient (Wildman–Crippen LogP) is 1.11. The van der Waals surface area contributed by atoms with E-state index in [1.54, 1.807) is 6.92 Å². The minimum Gasteiger partial charge on any atom is -0.545 e. The zero-order valence-electron chi connectivity index (χ0n) is 8.37. The van der Waals surface area contributed by atoms with Crippen molar-refractivity contribution in [2.24, 2.45) is 0 Å². The summed E-state index contributed by atoms with van der Waals surface area (Å²) in [4.78, 5) is 10.6. The van der Waals surface area contributed by atoms with Crippen molar-refractivity contribution in [3.8, 4) is 11.5 Å². The zero-order valence-corrected chi connectivity index (χ0v) is 9.13. The summed E-state index contributed by atoms with van der Waals surface area (Å²) in [7, 11) is 1.43. The van der Waals surface area contributed by atoms with Crippen LogP contribution in [-0.4, -0.2) is 19.7 Å². The summed E-state index contributed by atoms with van der Waals surface area (Å²) >= 11 is 5.82. The van der Waals surface area contributed by atoms with Crippen molar-refractivity contribution in [3.05, 3.63) is 22.7 Å². The molecule has 0 aliphatic carbocycles. The number of hydrogen-bond donors (Lipinski definition) is 0. The highest BCUT2D eigenvalue weighted by Crippen LogP contribution is 2.36. The van der Waals surface area contributed by atoms with Crippen LogP contribution in [0.5, 0.6) is 11.5 Å². The molecule has 0 amide bonds. The van der Waals surface area contributed by atoms with E-state index < -0.39 is 5.97 Å². The Morgan fingerprint density at radius 1 is 1.53 bits per heavy atom. The average Bonchev–Trinajstić information content (AvgIpc) is 2.17. The normalized spacial score (nSPS) is 9.80. The number of carboxylic acid groups (broad SMARTS) is 1. The van der Waals surface area contributed by atoms with Crippen LogP contribution in [0.2, 0.25) is 5.02 Å². The maximum atomic E-state index is 10.6. The van der Waals surface area contributed by atoms with Gasteiger partial charge in [0, 0.05) is 5.56 Å². The van der Waals surface area contributed by atoms with Gasteiger partial charge < -0.3 is 19.4 Å². The smallest absolute Gasteiger partial charge is 0.179 e. The molecule has 5 heteroatoms. The first-order chi connectivity index (χ1) is 7.10. The average molecular weight is 230 g/mol. The van der Waals surface area contributed by atoms with Crippen molar-refractivity contribution in [2.45, 2.75) is 6.92 Å². The number of carbonyl (C=O) groups is 1. The molecule has 0 spiro atoms. The van der Waals surface area contributed by atoms with E-state index in [-0.39, 0.29) is 10.6 Å². The highest BCUT2D eigenvalue weighted by atomic mass is 35.5. The zero-order chi connectivity index (χ0) is 11.4. The van der Waals surface area contributed by atoms with E-state index in [2.05, 4.69) is 0 Å². The van der Waals surface area contributed by atoms with Crippen LogP contribution >= 0.6 is 11.6 Å². The highest BCUT2D eigenvalue weighted by Gasteiger charge is 2.11. The molecule has 0 aliphatic rings. The molecule has 0 heterocycles. The molecule has 15 heavy (non-hydrogen) atoms. The standard InChI is InChI=1S/C10H11ClO4/c1-3-15-8-5-6(10(12)13)4-7(11)9(8)14-2/h4-5H,3H2,1-2H3,(H,12,13)/p-1. The molecule has 0 atom stereocenters. The molecule has 0 aliphatic heterocycles. The third-order valence-corrected chi connectivity index (χ3v) is 2.03. The molecule has 0 unspecified atom stereocenters. The SMILES string of the molecule is CCOc1cc(C(=O)[O-])cc(Cl)c1OC. The van der Waals surface area contributed by atoms with Gasteiger partial charge in [-0.3, -0.25) is 0 Å². The number of halogens is 1. The van der Waals surface area contributed by atoms with E-state index in [1.807, 2.05) is 0 Å². The van der Waals surface area contributed by atoms with Crippen LogP contribution in [0.1, 0.15) is 17.3 Å². The molecule has 82 valence electrons. The lowest BCUT2D eigenvalue weighted by Gasteiger charge is -2.13. The van der Waals surface area contributed by atoms with Gasteiger partial charge in [0.2, 0.25) is 0 Å². The van der Waals surface area contributed by atoms with Crippen molar-refractivity contribution in [2.75, 3.05) is 13.7 Å². The molecule has 1 aromatic rings. The number of carbonyl (C=O) groups excluding carboxylic acids is 1. The van der Waals surface area contributed by atoms with Crippen LogP contribution < -0.4 is 14.6 Å². The Morgan fingerprint density at radius 3 is 2.67 bits per heavy atom. The molecule has 0 aromatic heterocycles. The van der Waals surface area contributed by atoms with Gasteiger partial charge in [-0.1, -0.05) is 11.6 Å². The van der Waals surface area contributed by atoms with Gasteiger partial charge in [0.25, 0.3) is 0 Å². The van der Waals surface area contributed by atoms with E-state index in [1.165, 1.54) is 19.2 Å². The van der Waals surface area contributed by atoms with Crippen LogP contribution in [-0.2, 0) is 0 Å². The summed E-state index contributed by atoms with van der Waals surface area (Å²) in [6.45, 7) is 2.17. The molecule has 0 bridgehead atoms. The fourth-order valence-electron chi connectivity index (χ4n) is 1.15. The van der Waals surface area contributed by atoms with Crippen LogP contribution in [0, 0.1) is 0 Å². The second kappa shape index (κ2) is 4.89. The molecular formula is C10H10ClO4-. The van der Waals surface area contributed by atoms with Gasteiger partial charge >= 0.3 is 0 Å². The lowest BCUT2D eigenvalue weighted by Crippen LogP contribution is -2.22. The van der Waals surface area contributed by atoms with Crippen molar-refractivity contribution in [3.63, 3.8) is 0 Å². The monoisotopic (exact) mass is 229 g/mol. The molecule has 0 saturated heterocycles. The summed E-state index contributed by atoms with van der Waals surface area (Å²) in [5, 5.41) is 10.8. The summed E-state index contributed by atoms with van der Waals surface area (Å²) < 4.78 is 10.2. The molecular weight excluding hydrogens is 220 g/mol. The molecule has 0 fully saturated rings. The maximum absolute atomic E-state index is 10.6. The van der Waals surface area contributed by atoms with E-state index in [9.17, 15) is 9.90 Å². The Labute approximate surface area is 92.4 Å². The third-order valence-electron chi connectivity index (χ3n) is 1.75. The quantitative estimate of drug-likeness (QED) is 0.776. The first-order valence-corrected chi connectivity index (χ1v) is 4.69. The highest BCUT2D eigenvalue weighted by molar-refractivity contribution is 6.32. The second-order valence-electron chi connectivity index (χ2n) is 2.71. The predicted molar refractivity (Wildman–Crippen MR) is 53.5 cm³/mol. The topological polar surface area (TPSA) is 58.6 Å². The van der Waals surface area contributed by atoms with E-state index in [0.717, 1.165) is 0 Å². The van der Waals surface area contributed by atoms with Crippen molar-refractivity contribution < 1.29 is 19.4 Å². The first-order valence-electron chi connectivity index (χ1n) is 4.31. The van der Waals surface area contributed by atoms with Gasteiger partial charge in [-0.15, -0.1) is 0 Å². The number of hydrogen-bond acceptors (Lipinski definition) is 4. The first kappa shape index (κ1) is 11.7. The van der Waals surface area contributed by atoms with Gasteiger partial charge in [-0.05, 0) is 19.1 Å². The number of ether oxygens (including phenoxy) is 2. The number of benzene rings is 1. The number of methoxy groups -OCH3 is 1. The number of carboxylic acids is 1. The van der Waals surface area contributed by atoms with Gasteiger partial charge in [-0.25, -0.2) is 0 Å². The maximum Gasteiger partial charge on any atom is 0.179 e. The molecule has 0 radical (unpaired) electrons. The van der Waals surface area contributed by atoms with E-state index >= 15 is 0 Å². The fourth-order valence-corrected chi connectivity index (χ4v) is 1.43. The Kier molecular flexibility index (Phi) is 3.80. The lowest BCUT2D eigenvalue weighted by molar-refractivity contribution is -0.255. The van der Waals surface area contributed by atoms with Gasteiger partial charge in [0.1, 0.15) is 0 Å². The third kappa shape index (κ3) is 2.53. The fraction of sp³-hybridized carbons (Fsp3) is 0.300. The van der Waals surface area contributed by atoms with Crippen LogP contribution in [0.4, 0.5) is 0 Å². The van der Waals surface area contributed by atoms with Crippen LogP contribution in [0.25, 0.3) is 0 Å². The Hall–Kier alpha value is -1.42. The Balaban J connectivity index is 3.25. The largest absolute Gasteiger partial charge is 0.545 e. The van der Waals surface area contributed by atoms with Gasteiger partial charge in [0.05, 0.1) is 24.7 Å². The summed E-state index contributed by atoms with van der Waals surface area (Å²) in [5.74, 6) is -0.685. The van der Waals surface area contributed by atoms with Crippen LogP contribution in [0.3, 0.4) is 0 Å². The van der Waals surface area contributed by atoms with Crippen LogP contribution in [0.15, 0.2) is 12.1 Å². The molecule has 1 rings (SSSR count).